The summed E-state index contributed by atoms with van der Waals surface area (Å²) in [6.07, 6.45) is 3.24. The molecule has 2 aliphatic rings. The van der Waals surface area contributed by atoms with Gasteiger partial charge < -0.3 is 4.74 Å². The van der Waals surface area contributed by atoms with Crippen molar-refractivity contribution in [1.82, 2.24) is 4.90 Å². The second kappa shape index (κ2) is 6.29. The van der Waals surface area contributed by atoms with Crippen molar-refractivity contribution in [3.63, 3.8) is 0 Å². The van der Waals surface area contributed by atoms with E-state index in [1.807, 2.05) is 12.1 Å². The van der Waals surface area contributed by atoms with E-state index in [1.54, 1.807) is 0 Å². The van der Waals surface area contributed by atoms with E-state index in [-0.39, 0.29) is 23.8 Å². The molecule has 0 aliphatic carbocycles. The summed E-state index contributed by atoms with van der Waals surface area (Å²) < 4.78 is 5.09. The van der Waals surface area contributed by atoms with E-state index in [9.17, 15) is 4.79 Å². The molecule has 22 heavy (non-hydrogen) atoms. The van der Waals surface area contributed by atoms with E-state index in [0.29, 0.717) is 6.04 Å². The van der Waals surface area contributed by atoms with Gasteiger partial charge in [0, 0.05) is 18.0 Å². The van der Waals surface area contributed by atoms with Crippen LogP contribution >= 0.6 is 12.2 Å². The molecule has 0 N–H and O–H groups in total. The molecule has 0 aromatic heterocycles. The molecule has 116 valence electrons. The molecular formula is C17H20N2O2S. The standard InChI is InChI=1S/C17H20N2O2S/c1-19-13-7-8-15(19)16(17(20)21-2)14(9-13)11-3-5-12(6-4-11)18-10-22/h3-6,13-16H,7-9H2,1-2H3/t13-,14-,15?,16?/m1/s1. The smallest absolute Gasteiger partial charge is 0.310 e. The van der Waals surface area contributed by atoms with Crippen molar-refractivity contribution in [3.8, 4) is 0 Å². The minimum absolute atomic E-state index is 0.0892. The molecule has 2 fully saturated rings. The lowest BCUT2D eigenvalue weighted by Gasteiger charge is -2.41. The van der Waals surface area contributed by atoms with Gasteiger partial charge in [-0.2, -0.15) is 4.99 Å². The summed E-state index contributed by atoms with van der Waals surface area (Å²) in [5.41, 5.74) is 1.98. The number of thiocarbonyl (C=S) groups is 1. The highest BCUT2D eigenvalue weighted by Crippen LogP contribution is 2.46. The Balaban J connectivity index is 1.93. The van der Waals surface area contributed by atoms with Gasteiger partial charge >= 0.3 is 5.97 Å². The zero-order valence-electron chi connectivity index (χ0n) is 12.9. The first-order valence-corrected chi connectivity index (χ1v) is 8.04. The number of isothiocyanates is 1. The maximum Gasteiger partial charge on any atom is 0.310 e. The predicted molar refractivity (Wildman–Crippen MR) is 88.6 cm³/mol. The van der Waals surface area contributed by atoms with Crippen LogP contribution in [0.25, 0.3) is 0 Å². The van der Waals surface area contributed by atoms with Gasteiger partial charge in [0.05, 0.1) is 23.9 Å². The molecule has 2 heterocycles. The second-order valence-corrected chi connectivity index (χ2v) is 6.33. The summed E-state index contributed by atoms with van der Waals surface area (Å²) in [4.78, 5) is 18.7. The van der Waals surface area contributed by atoms with Gasteiger partial charge in [-0.15, -0.1) is 0 Å². The zero-order valence-corrected chi connectivity index (χ0v) is 13.7. The molecule has 5 heteroatoms. The molecule has 0 saturated carbocycles. The highest BCUT2D eigenvalue weighted by atomic mass is 32.1. The molecule has 0 radical (unpaired) electrons. The van der Waals surface area contributed by atoms with Gasteiger partial charge in [0.2, 0.25) is 0 Å². The second-order valence-electron chi connectivity index (χ2n) is 6.15. The first-order chi connectivity index (χ1) is 10.7. The minimum Gasteiger partial charge on any atom is -0.469 e. The first-order valence-electron chi connectivity index (χ1n) is 7.63. The van der Waals surface area contributed by atoms with Gasteiger partial charge in [-0.25, -0.2) is 0 Å². The van der Waals surface area contributed by atoms with Crippen molar-refractivity contribution in [2.75, 3.05) is 14.2 Å². The van der Waals surface area contributed by atoms with E-state index in [0.717, 1.165) is 18.5 Å². The van der Waals surface area contributed by atoms with Gasteiger partial charge in [-0.1, -0.05) is 12.1 Å². The Hall–Kier alpha value is -1.55. The summed E-state index contributed by atoms with van der Waals surface area (Å²) in [6.45, 7) is 0. The van der Waals surface area contributed by atoms with Crippen molar-refractivity contribution < 1.29 is 9.53 Å². The Morgan fingerprint density at radius 3 is 2.73 bits per heavy atom. The highest BCUT2D eigenvalue weighted by molar-refractivity contribution is 7.78. The number of carbonyl (C=O) groups excluding carboxylic acids is 1. The van der Waals surface area contributed by atoms with Crippen LogP contribution in [-0.2, 0) is 9.53 Å². The maximum atomic E-state index is 12.4. The summed E-state index contributed by atoms with van der Waals surface area (Å²) in [6, 6.07) is 8.82. The number of nitrogens with zero attached hydrogens (tertiary/aromatic N) is 2. The first kappa shape index (κ1) is 15.3. The van der Waals surface area contributed by atoms with Crippen molar-refractivity contribution in [1.29, 1.82) is 0 Å². The van der Waals surface area contributed by atoms with Crippen molar-refractivity contribution in [2.24, 2.45) is 10.9 Å². The Morgan fingerprint density at radius 1 is 1.36 bits per heavy atom. The Bertz CT molecular complexity index is 610. The quantitative estimate of drug-likeness (QED) is 0.488. The molecular weight excluding hydrogens is 296 g/mol. The number of hydrogen-bond acceptors (Lipinski definition) is 5. The summed E-state index contributed by atoms with van der Waals surface area (Å²) in [5, 5.41) is 2.38. The van der Waals surface area contributed by atoms with Gasteiger partial charge in [-0.3, -0.25) is 9.69 Å². The van der Waals surface area contributed by atoms with Crippen LogP contribution in [0.5, 0.6) is 0 Å². The van der Waals surface area contributed by atoms with Crippen molar-refractivity contribution >= 4 is 29.0 Å². The topological polar surface area (TPSA) is 41.9 Å². The largest absolute Gasteiger partial charge is 0.469 e. The van der Waals surface area contributed by atoms with Crippen LogP contribution in [-0.4, -0.2) is 42.3 Å². The molecule has 4 nitrogen and oxygen atoms in total. The fraction of sp³-hybridized carbons (Fsp3) is 0.529. The van der Waals surface area contributed by atoms with E-state index >= 15 is 0 Å². The Kier molecular flexibility index (Phi) is 4.39. The Labute approximate surface area is 136 Å². The van der Waals surface area contributed by atoms with Crippen molar-refractivity contribution in [3.05, 3.63) is 29.8 Å². The number of ether oxygens (including phenoxy) is 1. The van der Waals surface area contributed by atoms with Gasteiger partial charge in [-0.05, 0) is 56.2 Å². The SMILES string of the molecule is COC(=O)C1C2CC[C@H](C[C@@H]1c1ccc(N=C=S)cc1)N2C. The molecule has 1 aromatic carbocycles. The van der Waals surface area contributed by atoms with E-state index in [1.165, 1.54) is 19.1 Å². The zero-order chi connectivity index (χ0) is 15.7. The molecule has 2 saturated heterocycles. The van der Waals surface area contributed by atoms with E-state index in [2.05, 4.69) is 46.5 Å². The Morgan fingerprint density at radius 2 is 2.09 bits per heavy atom. The normalized spacial score (nSPS) is 30.6. The molecule has 3 rings (SSSR count). The van der Waals surface area contributed by atoms with Crippen LogP contribution in [0.4, 0.5) is 5.69 Å². The number of esters is 1. The molecule has 0 spiro atoms. The van der Waals surface area contributed by atoms with E-state index < -0.39 is 0 Å². The number of benzene rings is 1. The average Bonchev–Trinajstić information content (AvgIpc) is 2.77. The van der Waals surface area contributed by atoms with Crippen LogP contribution in [0.3, 0.4) is 0 Å². The number of fused-ring (bicyclic) bond motifs is 2. The molecule has 0 amide bonds. The lowest BCUT2D eigenvalue weighted by Crippen LogP contribution is -2.49. The number of aliphatic imine (C=N–C) groups is 1. The third kappa shape index (κ3) is 2.60. The maximum absolute atomic E-state index is 12.4. The van der Waals surface area contributed by atoms with Crippen LogP contribution in [0, 0.1) is 5.92 Å². The number of methoxy groups -OCH3 is 1. The molecule has 2 unspecified atom stereocenters. The van der Waals surface area contributed by atoms with E-state index in [4.69, 9.17) is 4.74 Å². The van der Waals surface area contributed by atoms with Gasteiger partial charge in [0.25, 0.3) is 0 Å². The number of carbonyl (C=O) groups is 1. The molecule has 2 bridgehead atoms. The van der Waals surface area contributed by atoms with Crippen LogP contribution in [0.15, 0.2) is 29.3 Å². The van der Waals surface area contributed by atoms with Gasteiger partial charge in [0.1, 0.15) is 0 Å². The lowest BCUT2D eigenvalue weighted by molar-refractivity contribution is -0.150. The number of piperidine rings is 1. The lowest BCUT2D eigenvalue weighted by atomic mass is 9.76. The van der Waals surface area contributed by atoms with Crippen LogP contribution < -0.4 is 0 Å². The fourth-order valence-corrected chi connectivity index (χ4v) is 4.22. The summed E-state index contributed by atoms with van der Waals surface area (Å²) in [7, 11) is 3.61. The minimum atomic E-state index is -0.0943. The van der Waals surface area contributed by atoms with Crippen molar-refractivity contribution in [2.45, 2.75) is 37.3 Å². The predicted octanol–water partition coefficient (Wildman–Crippen LogP) is 3.16. The molecule has 4 atom stereocenters. The highest BCUT2D eigenvalue weighted by Gasteiger charge is 2.49. The van der Waals surface area contributed by atoms with Crippen LogP contribution in [0.1, 0.15) is 30.7 Å². The average molecular weight is 316 g/mol. The molecule has 1 aromatic rings. The van der Waals surface area contributed by atoms with Crippen LogP contribution in [0.2, 0.25) is 0 Å². The third-order valence-electron chi connectivity index (χ3n) is 5.24. The fourth-order valence-electron chi connectivity index (χ4n) is 4.12. The number of hydrogen-bond donors (Lipinski definition) is 0. The summed E-state index contributed by atoms with van der Waals surface area (Å²) in [5.74, 6) is 0.0310. The molecule has 2 aliphatic heterocycles. The number of rotatable bonds is 3. The van der Waals surface area contributed by atoms with Gasteiger partial charge in [0.15, 0.2) is 0 Å². The third-order valence-corrected chi connectivity index (χ3v) is 5.33. The summed E-state index contributed by atoms with van der Waals surface area (Å²) >= 11 is 4.63. The monoisotopic (exact) mass is 316 g/mol.